The number of amides is 1. The molecule has 1 amide bonds. The van der Waals surface area contributed by atoms with E-state index in [9.17, 15) is 4.79 Å². The summed E-state index contributed by atoms with van der Waals surface area (Å²) in [5, 5.41) is 3.25. The third-order valence-corrected chi connectivity index (χ3v) is 3.52. The fourth-order valence-electron chi connectivity index (χ4n) is 2.33. The molecular weight excluding hydrogens is 200 g/mol. The summed E-state index contributed by atoms with van der Waals surface area (Å²) in [5.41, 5.74) is 0. The van der Waals surface area contributed by atoms with Gasteiger partial charge in [0.2, 0.25) is 5.91 Å². The zero-order valence-electron chi connectivity index (χ0n) is 11.1. The summed E-state index contributed by atoms with van der Waals surface area (Å²) in [7, 11) is 0. The Balaban J connectivity index is 2.50. The molecule has 1 saturated heterocycles. The van der Waals surface area contributed by atoms with Gasteiger partial charge in [-0.1, -0.05) is 20.8 Å². The molecule has 0 radical (unpaired) electrons. The molecule has 1 aliphatic rings. The highest BCUT2D eigenvalue weighted by molar-refractivity contribution is 5.79. The van der Waals surface area contributed by atoms with Crippen LogP contribution in [0.5, 0.6) is 0 Å². The number of likely N-dealkylation sites (tertiary alicyclic amines) is 1. The molecule has 3 heteroatoms. The third-order valence-electron chi connectivity index (χ3n) is 3.52. The Morgan fingerprint density at radius 1 is 1.44 bits per heavy atom. The van der Waals surface area contributed by atoms with Crippen molar-refractivity contribution >= 4 is 5.91 Å². The SMILES string of the molecule is CCNCC(C)C(=O)N1CC(C)CCC1C. The van der Waals surface area contributed by atoms with Crippen LogP contribution in [0, 0.1) is 11.8 Å². The van der Waals surface area contributed by atoms with Gasteiger partial charge >= 0.3 is 0 Å². The molecule has 0 bridgehead atoms. The van der Waals surface area contributed by atoms with Crippen molar-refractivity contribution < 1.29 is 4.79 Å². The van der Waals surface area contributed by atoms with Crippen LogP contribution in [-0.4, -0.2) is 36.5 Å². The first kappa shape index (κ1) is 13.5. The second kappa shape index (κ2) is 6.24. The summed E-state index contributed by atoms with van der Waals surface area (Å²) in [6, 6.07) is 0.424. The van der Waals surface area contributed by atoms with Gasteiger partial charge in [-0.3, -0.25) is 4.79 Å². The minimum absolute atomic E-state index is 0.104. The normalized spacial score (nSPS) is 27.9. The topological polar surface area (TPSA) is 32.3 Å². The van der Waals surface area contributed by atoms with Gasteiger partial charge in [-0.25, -0.2) is 0 Å². The summed E-state index contributed by atoms with van der Waals surface area (Å²) in [6.07, 6.45) is 2.41. The van der Waals surface area contributed by atoms with Gasteiger partial charge in [-0.05, 0) is 32.2 Å². The minimum atomic E-state index is 0.104. The first-order chi connectivity index (χ1) is 7.56. The lowest BCUT2D eigenvalue weighted by atomic mass is 9.93. The fourth-order valence-corrected chi connectivity index (χ4v) is 2.33. The number of hydrogen-bond acceptors (Lipinski definition) is 2. The number of nitrogens with zero attached hydrogens (tertiary/aromatic N) is 1. The van der Waals surface area contributed by atoms with Crippen molar-refractivity contribution in [1.82, 2.24) is 10.2 Å². The maximum atomic E-state index is 12.2. The van der Waals surface area contributed by atoms with Crippen molar-refractivity contribution in [2.24, 2.45) is 11.8 Å². The van der Waals surface area contributed by atoms with Crippen molar-refractivity contribution in [3.8, 4) is 0 Å². The molecule has 0 aliphatic carbocycles. The summed E-state index contributed by atoms with van der Waals surface area (Å²) in [4.78, 5) is 14.3. The highest BCUT2D eigenvalue weighted by atomic mass is 16.2. The molecule has 1 rings (SSSR count). The lowest BCUT2D eigenvalue weighted by Gasteiger charge is -2.38. The van der Waals surface area contributed by atoms with Crippen LogP contribution in [0.1, 0.15) is 40.5 Å². The number of carbonyl (C=O) groups excluding carboxylic acids is 1. The maximum Gasteiger partial charge on any atom is 0.226 e. The van der Waals surface area contributed by atoms with Crippen molar-refractivity contribution in [3.05, 3.63) is 0 Å². The minimum Gasteiger partial charge on any atom is -0.339 e. The van der Waals surface area contributed by atoms with E-state index in [4.69, 9.17) is 0 Å². The third kappa shape index (κ3) is 3.48. The molecule has 0 aromatic heterocycles. The monoisotopic (exact) mass is 226 g/mol. The first-order valence-electron chi connectivity index (χ1n) is 6.57. The lowest BCUT2D eigenvalue weighted by Crippen LogP contribution is -2.48. The van der Waals surface area contributed by atoms with Gasteiger partial charge in [0.05, 0.1) is 0 Å². The van der Waals surface area contributed by atoms with Crippen LogP contribution in [0.4, 0.5) is 0 Å². The van der Waals surface area contributed by atoms with E-state index < -0.39 is 0 Å². The van der Waals surface area contributed by atoms with Crippen molar-refractivity contribution in [2.45, 2.75) is 46.6 Å². The summed E-state index contributed by atoms with van der Waals surface area (Å²) >= 11 is 0. The zero-order chi connectivity index (χ0) is 12.1. The van der Waals surface area contributed by atoms with Crippen LogP contribution < -0.4 is 5.32 Å². The standard InChI is InChI=1S/C13H26N2O/c1-5-14-8-11(3)13(16)15-9-10(2)6-7-12(15)4/h10-12,14H,5-9H2,1-4H3. The number of nitrogens with one attached hydrogen (secondary N) is 1. The predicted molar refractivity (Wildman–Crippen MR) is 67.3 cm³/mol. The molecule has 0 aromatic carbocycles. The average Bonchev–Trinajstić information content (AvgIpc) is 2.28. The van der Waals surface area contributed by atoms with Gasteiger partial charge < -0.3 is 10.2 Å². The Morgan fingerprint density at radius 2 is 2.12 bits per heavy atom. The van der Waals surface area contributed by atoms with Crippen molar-refractivity contribution in [2.75, 3.05) is 19.6 Å². The molecule has 3 unspecified atom stereocenters. The van der Waals surface area contributed by atoms with E-state index in [0.717, 1.165) is 26.1 Å². The second-order valence-electron chi connectivity index (χ2n) is 5.23. The van der Waals surface area contributed by atoms with Gasteiger partial charge in [0, 0.05) is 25.0 Å². The smallest absolute Gasteiger partial charge is 0.226 e. The highest BCUT2D eigenvalue weighted by Crippen LogP contribution is 2.22. The largest absolute Gasteiger partial charge is 0.339 e. The van der Waals surface area contributed by atoms with E-state index in [1.165, 1.54) is 6.42 Å². The summed E-state index contributed by atoms with van der Waals surface area (Å²) in [6.45, 7) is 11.2. The zero-order valence-corrected chi connectivity index (χ0v) is 11.1. The molecule has 0 aromatic rings. The van der Waals surface area contributed by atoms with E-state index in [2.05, 4.69) is 31.0 Å². The molecule has 16 heavy (non-hydrogen) atoms. The van der Waals surface area contributed by atoms with E-state index in [-0.39, 0.29) is 5.92 Å². The molecule has 0 saturated carbocycles. The Morgan fingerprint density at radius 3 is 2.75 bits per heavy atom. The summed E-state index contributed by atoms with van der Waals surface area (Å²) in [5.74, 6) is 1.08. The Labute approximate surface area is 99.6 Å². The van der Waals surface area contributed by atoms with E-state index in [1.807, 2.05) is 6.92 Å². The van der Waals surface area contributed by atoms with Crippen molar-refractivity contribution in [1.29, 1.82) is 0 Å². The van der Waals surface area contributed by atoms with Crippen LogP contribution in [-0.2, 0) is 4.79 Å². The van der Waals surface area contributed by atoms with Crippen LogP contribution in [0.3, 0.4) is 0 Å². The molecule has 94 valence electrons. The number of rotatable bonds is 4. The van der Waals surface area contributed by atoms with Gasteiger partial charge in [0.25, 0.3) is 0 Å². The Bertz CT molecular complexity index is 230. The van der Waals surface area contributed by atoms with Gasteiger partial charge in [0.15, 0.2) is 0 Å². The average molecular weight is 226 g/mol. The molecule has 1 aliphatic heterocycles. The van der Waals surface area contributed by atoms with Crippen molar-refractivity contribution in [3.63, 3.8) is 0 Å². The van der Waals surface area contributed by atoms with Gasteiger partial charge in [-0.15, -0.1) is 0 Å². The quantitative estimate of drug-likeness (QED) is 0.794. The molecule has 0 spiro atoms. The fraction of sp³-hybridized carbons (Fsp3) is 0.923. The van der Waals surface area contributed by atoms with E-state index >= 15 is 0 Å². The summed E-state index contributed by atoms with van der Waals surface area (Å²) < 4.78 is 0. The second-order valence-corrected chi connectivity index (χ2v) is 5.23. The molecule has 1 heterocycles. The first-order valence-corrected chi connectivity index (χ1v) is 6.57. The Hall–Kier alpha value is -0.570. The van der Waals surface area contributed by atoms with Crippen LogP contribution in [0.25, 0.3) is 0 Å². The molecule has 3 atom stereocenters. The van der Waals surface area contributed by atoms with E-state index in [1.54, 1.807) is 0 Å². The molecular formula is C13H26N2O. The molecule has 1 N–H and O–H groups in total. The van der Waals surface area contributed by atoms with E-state index in [0.29, 0.717) is 17.9 Å². The number of carbonyl (C=O) groups is 1. The van der Waals surface area contributed by atoms with Gasteiger partial charge in [-0.2, -0.15) is 0 Å². The number of piperidine rings is 1. The number of hydrogen-bond donors (Lipinski definition) is 1. The molecule has 3 nitrogen and oxygen atoms in total. The van der Waals surface area contributed by atoms with Gasteiger partial charge in [0.1, 0.15) is 0 Å². The van der Waals surface area contributed by atoms with Crippen LogP contribution in [0.2, 0.25) is 0 Å². The Kier molecular flexibility index (Phi) is 5.26. The lowest BCUT2D eigenvalue weighted by molar-refractivity contribution is -0.139. The predicted octanol–water partition coefficient (Wildman–Crippen LogP) is 1.88. The highest BCUT2D eigenvalue weighted by Gasteiger charge is 2.29. The molecule has 1 fully saturated rings. The maximum absolute atomic E-state index is 12.2. The van der Waals surface area contributed by atoms with Crippen LogP contribution >= 0.6 is 0 Å². The van der Waals surface area contributed by atoms with Crippen LogP contribution in [0.15, 0.2) is 0 Å².